The second-order valence-corrected chi connectivity index (χ2v) is 12.1. The van der Waals surface area contributed by atoms with E-state index >= 15 is 0 Å². The fraction of sp³-hybridized carbons (Fsp3) is 0.568. The molecule has 0 heterocycles. The standard InChI is InChI=1S/C37H52O8/c1-3-5-7-9-11-16-20-28-26(22-24-30(34(38)39)32(28)36(42)43)18-14-13-15-19-27-23-25-31(35(40)41)33(37(44)45)29(27)21-17-12-10-8-6-4-2/h22-25H,3-21H2,1-2H3,(H,38,39)(H,40,41)(H,42,43)(H,44,45). The molecule has 0 unspecified atom stereocenters. The molecular weight excluding hydrogens is 572 g/mol. The Hall–Kier alpha value is -3.68. The second kappa shape index (κ2) is 20.4. The average Bonchev–Trinajstić information content (AvgIpc) is 3.00. The molecule has 0 aliphatic rings. The van der Waals surface area contributed by atoms with Gasteiger partial charge >= 0.3 is 23.9 Å². The Labute approximate surface area is 267 Å². The van der Waals surface area contributed by atoms with Gasteiger partial charge in [0.1, 0.15) is 0 Å². The van der Waals surface area contributed by atoms with Gasteiger partial charge in [-0.1, -0.05) is 96.6 Å². The fourth-order valence-electron chi connectivity index (χ4n) is 6.24. The summed E-state index contributed by atoms with van der Waals surface area (Å²) in [5, 5.41) is 39.2. The molecule has 4 N–H and O–H groups in total. The van der Waals surface area contributed by atoms with E-state index in [0.29, 0.717) is 36.8 Å². The Kier molecular flexibility index (Phi) is 17.0. The van der Waals surface area contributed by atoms with E-state index in [9.17, 15) is 39.6 Å². The Bertz CT molecular complexity index is 1180. The summed E-state index contributed by atoms with van der Waals surface area (Å²) < 4.78 is 0. The van der Waals surface area contributed by atoms with Crippen LogP contribution in [-0.4, -0.2) is 44.3 Å². The van der Waals surface area contributed by atoms with Gasteiger partial charge in [-0.05, 0) is 85.8 Å². The van der Waals surface area contributed by atoms with Crippen LogP contribution in [0.5, 0.6) is 0 Å². The maximum absolute atomic E-state index is 12.2. The van der Waals surface area contributed by atoms with Crippen LogP contribution in [-0.2, 0) is 25.7 Å². The number of carboxylic acid groups (broad SMARTS) is 4. The topological polar surface area (TPSA) is 149 Å². The van der Waals surface area contributed by atoms with Gasteiger partial charge in [0.25, 0.3) is 0 Å². The van der Waals surface area contributed by atoms with Gasteiger partial charge in [0.15, 0.2) is 0 Å². The smallest absolute Gasteiger partial charge is 0.336 e. The van der Waals surface area contributed by atoms with Crippen LogP contribution in [0.4, 0.5) is 0 Å². The summed E-state index contributed by atoms with van der Waals surface area (Å²) >= 11 is 0. The molecule has 0 saturated heterocycles. The van der Waals surface area contributed by atoms with E-state index in [1.54, 1.807) is 12.1 Å². The molecule has 0 aromatic heterocycles. The molecule has 2 aromatic rings. The number of carbonyl (C=O) groups is 4. The van der Waals surface area contributed by atoms with E-state index in [-0.39, 0.29) is 22.3 Å². The van der Waals surface area contributed by atoms with Crippen molar-refractivity contribution >= 4 is 23.9 Å². The van der Waals surface area contributed by atoms with E-state index in [1.807, 2.05) is 0 Å². The Balaban J connectivity index is 2.14. The van der Waals surface area contributed by atoms with Crippen LogP contribution in [0, 0.1) is 0 Å². The van der Waals surface area contributed by atoms with E-state index in [1.165, 1.54) is 25.0 Å². The number of rotatable bonds is 24. The maximum atomic E-state index is 12.2. The number of aromatic carboxylic acids is 4. The van der Waals surface area contributed by atoms with Crippen molar-refractivity contribution in [3.8, 4) is 0 Å². The molecular formula is C37H52O8. The molecule has 0 bridgehead atoms. The SMILES string of the molecule is CCCCCCCCc1c(CCCCCc2ccc(C(=O)O)c(C(=O)O)c2CCCCCCCC)ccc(C(=O)O)c1C(=O)O. The van der Waals surface area contributed by atoms with Crippen molar-refractivity contribution in [1.29, 1.82) is 0 Å². The molecule has 0 saturated carbocycles. The fourth-order valence-corrected chi connectivity index (χ4v) is 6.24. The lowest BCUT2D eigenvalue weighted by molar-refractivity contribution is 0.0650. The molecule has 0 atom stereocenters. The zero-order valence-corrected chi connectivity index (χ0v) is 27.2. The van der Waals surface area contributed by atoms with E-state index in [4.69, 9.17) is 0 Å². The first kappa shape index (κ1) is 37.5. The highest BCUT2D eigenvalue weighted by molar-refractivity contribution is 6.03. The summed E-state index contributed by atoms with van der Waals surface area (Å²) in [6.45, 7) is 4.31. The number of hydrogen-bond acceptors (Lipinski definition) is 4. The van der Waals surface area contributed by atoms with Crippen LogP contribution in [0.3, 0.4) is 0 Å². The number of benzene rings is 2. The van der Waals surface area contributed by atoms with Gasteiger partial charge in [0.05, 0.1) is 22.3 Å². The van der Waals surface area contributed by atoms with Gasteiger partial charge in [-0.3, -0.25) is 0 Å². The third kappa shape index (κ3) is 12.0. The largest absolute Gasteiger partial charge is 0.478 e. The molecule has 8 nitrogen and oxygen atoms in total. The van der Waals surface area contributed by atoms with Crippen molar-refractivity contribution in [3.05, 3.63) is 68.8 Å². The third-order valence-electron chi connectivity index (χ3n) is 8.66. The summed E-state index contributed by atoms with van der Waals surface area (Å²) in [5.74, 6) is -4.91. The van der Waals surface area contributed by atoms with Crippen molar-refractivity contribution in [3.63, 3.8) is 0 Å². The van der Waals surface area contributed by atoms with Crippen LogP contribution in [0.15, 0.2) is 24.3 Å². The zero-order chi connectivity index (χ0) is 33.2. The minimum Gasteiger partial charge on any atom is -0.478 e. The second-order valence-electron chi connectivity index (χ2n) is 12.1. The number of hydrogen-bond donors (Lipinski definition) is 4. The first-order valence-corrected chi connectivity index (χ1v) is 16.9. The molecule has 248 valence electrons. The van der Waals surface area contributed by atoms with Crippen molar-refractivity contribution in [1.82, 2.24) is 0 Å². The Morgan fingerprint density at radius 2 is 0.733 bits per heavy atom. The molecule has 0 fully saturated rings. The van der Waals surface area contributed by atoms with E-state index in [0.717, 1.165) is 94.6 Å². The first-order valence-electron chi connectivity index (χ1n) is 16.9. The monoisotopic (exact) mass is 624 g/mol. The number of unbranched alkanes of at least 4 members (excludes halogenated alkanes) is 12. The minimum atomic E-state index is -1.24. The highest BCUT2D eigenvalue weighted by Crippen LogP contribution is 2.27. The lowest BCUT2D eigenvalue weighted by Crippen LogP contribution is -2.14. The molecule has 2 aromatic carbocycles. The van der Waals surface area contributed by atoms with Crippen molar-refractivity contribution in [2.75, 3.05) is 0 Å². The van der Waals surface area contributed by atoms with Gasteiger partial charge in [-0.25, -0.2) is 19.2 Å². The van der Waals surface area contributed by atoms with Crippen LogP contribution in [0.25, 0.3) is 0 Å². The highest BCUT2D eigenvalue weighted by atomic mass is 16.4. The summed E-state index contributed by atoms with van der Waals surface area (Å²) in [6.07, 6.45) is 17.2. The summed E-state index contributed by atoms with van der Waals surface area (Å²) in [7, 11) is 0. The lowest BCUT2D eigenvalue weighted by atomic mass is 9.88. The molecule has 0 amide bonds. The maximum Gasteiger partial charge on any atom is 0.336 e. The average molecular weight is 625 g/mol. The van der Waals surface area contributed by atoms with Crippen LogP contribution < -0.4 is 0 Å². The van der Waals surface area contributed by atoms with Crippen molar-refractivity contribution < 1.29 is 39.6 Å². The zero-order valence-electron chi connectivity index (χ0n) is 27.2. The van der Waals surface area contributed by atoms with E-state index in [2.05, 4.69) is 13.8 Å². The molecule has 2 rings (SSSR count). The normalized spacial score (nSPS) is 11.1. The van der Waals surface area contributed by atoms with Crippen LogP contribution in [0.2, 0.25) is 0 Å². The van der Waals surface area contributed by atoms with Gasteiger partial charge in [0, 0.05) is 0 Å². The highest BCUT2D eigenvalue weighted by Gasteiger charge is 2.24. The molecule has 0 spiro atoms. The van der Waals surface area contributed by atoms with Gasteiger partial charge in [-0.2, -0.15) is 0 Å². The summed E-state index contributed by atoms with van der Waals surface area (Å²) in [5.41, 5.74) is 2.42. The molecule has 45 heavy (non-hydrogen) atoms. The van der Waals surface area contributed by atoms with Crippen LogP contribution in [0.1, 0.15) is 174 Å². The molecule has 0 aliphatic carbocycles. The number of carboxylic acids is 4. The van der Waals surface area contributed by atoms with E-state index < -0.39 is 23.9 Å². The number of aryl methyl sites for hydroxylation is 2. The van der Waals surface area contributed by atoms with Gasteiger partial charge in [0.2, 0.25) is 0 Å². The molecule has 0 aliphatic heterocycles. The Morgan fingerprint density at radius 1 is 0.422 bits per heavy atom. The molecule has 0 radical (unpaired) electrons. The summed E-state index contributed by atoms with van der Waals surface area (Å²) in [6, 6.07) is 6.31. The predicted octanol–water partition coefficient (Wildman–Crippen LogP) is 9.24. The van der Waals surface area contributed by atoms with Gasteiger partial charge < -0.3 is 20.4 Å². The first-order chi connectivity index (χ1) is 21.6. The molecule has 8 heteroatoms. The summed E-state index contributed by atoms with van der Waals surface area (Å²) in [4.78, 5) is 48.0. The quantitative estimate of drug-likeness (QED) is 0.0844. The third-order valence-corrected chi connectivity index (χ3v) is 8.66. The minimum absolute atomic E-state index is 0.104. The van der Waals surface area contributed by atoms with Crippen molar-refractivity contribution in [2.24, 2.45) is 0 Å². The lowest BCUT2D eigenvalue weighted by Gasteiger charge is -2.16. The van der Waals surface area contributed by atoms with Crippen LogP contribution >= 0.6 is 0 Å². The predicted molar refractivity (Wildman–Crippen MR) is 176 cm³/mol. The van der Waals surface area contributed by atoms with Gasteiger partial charge in [-0.15, -0.1) is 0 Å². The Morgan fingerprint density at radius 3 is 1.07 bits per heavy atom. The van der Waals surface area contributed by atoms with Crippen molar-refractivity contribution in [2.45, 2.75) is 136 Å².